The van der Waals surface area contributed by atoms with Crippen LogP contribution in [0.1, 0.15) is 33.4 Å². The van der Waals surface area contributed by atoms with E-state index in [0.717, 1.165) is 17.1 Å². The number of hydrogen-bond acceptors (Lipinski definition) is 1. The molecular weight excluding hydrogens is 819 g/mol. The molecule has 0 bridgehead atoms. The number of anilines is 3. The predicted octanol–water partition coefficient (Wildman–Crippen LogP) is 18.1. The Kier molecular flexibility index (Phi) is 9.27. The first kappa shape index (κ1) is 39.8. The first-order chi connectivity index (χ1) is 33.6. The Morgan fingerprint density at radius 3 is 1.29 bits per heavy atom. The molecule has 12 aromatic carbocycles. The average Bonchev–Trinajstić information content (AvgIpc) is 3.70. The summed E-state index contributed by atoms with van der Waals surface area (Å²) in [5, 5.41) is 9.92. The molecule has 1 aliphatic carbocycles. The molecule has 1 aliphatic rings. The summed E-state index contributed by atoms with van der Waals surface area (Å²) in [6, 6.07) is 92.8. The minimum atomic E-state index is -0.478. The first-order valence-electron chi connectivity index (χ1n) is 23.8. The number of hydrogen-bond donors (Lipinski definition) is 0. The van der Waals surface area contributed by atoms with E-state index in [4.69, 9.17) is 0 Å². The van der Waals surface area contributed by atoms with Gasteiger partial charge < -0.3 is 4.90 Å². The Balaban J connectivity index is 1.06. The summed E-state index contributed by atoms with van der Waals surface area (Å²) in [5.74, 6) is 0. The van der Waals surface area contributed by atoms with Crippen molar-refractivity contribution in [3.8, 4) is 33.4 Å². The molecule has 0 spiro atoms. The van der Waals surface area contributed by atoms with Crippen molar-refractivity contribution in [2.24, 2.45) is 0 Å². The lowest BCUT2D eigenvalue weighted by Gasteiger charge is -2.34. The second-order valence-electron chi connectivity index (χ2n) is 18.5. The maximum atomic E-state index is 2.50. The van der Waals surface area contributed by atoms with Crippen molar-refractivity contribution in [2.75, 3.05) is 4.90 Å². The van der Waals surface area contributed by atoms with Crippen LogP contribution in [0.5, 0.6) is 0 Å². The van der Waals surface area contributed by atoms with Gasteiger partial charge in [0.1, 0.15) is 0 Å². The van der Waals surface area contributed by atoms with Crippen LogP contribution in [0.25, 0.3) is 76.5 Å². The fourth-order valence-corrected chi connectivity index (χ4v) is 11.8. The van der Waals surface area contributed by atoms with Crippen LogP contribution in [0.4, 0.5) is 17.1 Å². The molecule has 0 saturated heterocycles. The Hall–Kier alpha value is -8.52. The van der Waals surface area contributed by atoms with E-state index in [1.165, 1.54) is 110 Å². The highest BCUT2D eigenvalue weighted by Crippen LogP contribution is 2.59. The summed E-state index contributed by atoms with van der Waals surface area (Å²) in [5.41, 5.74) is 18.1. The first-order valence-corrected chi connectivity index (χ1v) is 23.8. The van der Waals surface area contributed by atoms with Crippen molar-refractivity contribution in [1.29, 1.82) is 0 Å². The second-order valence-corrected chi connectivity index (χ2v) is 18.5. The summed E-state index contributed by atoms with van der Waals surface area (Å²) in [6.45, 7) is 4.34. The van der Waals surface area contributed by atoms with Gasteiger partial charge in [-0.15, -0.1) is 0 Å². The molecule has 0 amide bonds. The lowest BCUT2D eigenvalue weighted by Crippen LogP contribution is -2.28. The van der Waals surface area contributed by atoms with Gasteiger partial charge in [0.15, 0.2) is 0 Å². The van der Waals surface area contributed by atoms with Crippen LogP contribution in [0.3, 0.4) is 0 Å². The molecule has 1 heteroatoms. The largest absolute Gasteiger partial charge is 0.310 e. The van der Waals surface area contributed by atoms with Crippen molar-refractivity contribution in [3.05, 3.63) is 282 Å². The molecule has 0 aliphatic heterocycles. The highest BCUT2D eigenvalue weighted by molar-refractivity contribution is 6.25. The molecule has 0 fully saturated rings. The van der Waals surface area contributed by atoms with Crippen LogP contribution in [-0.4, -0.2) is 0 Å². The molecule has 320 valence electrons. The number of rotatable bonds is 7. The van der Waals surface area contributed by atoms with Gasteiger partial charge >= 0.3 is 0 Å². The second kappa shape index (κ2) is 15.8. The lowest BCUT2D eigenvalue weighted by molar-refractivity contribution is 0.768. The topological polar surface area (TPSA) is 3.24 Å². The maximum absolute atomic E-state index is 2.50. The zero-order valence-electron chi connectivity index (χ0n) is 38.1. The molecule has 0 unspecified atom stereocenters. The van der Waals surface area contributed by atoms with E-state index in [9.17, 15) is 0 Å². The Bertz CT molecular complexity index is 3850. The van der Waals surface area contributed by atoms with Gasteiger partial charge in [-0.25, -0.2) is 0 Å². The quantitative estimate of drug-likeness (QED) is 0.144. The molecule has 0 radical (unpaired) electrons. The number of fused-ring (bicyclic) bond motifs is 9. The molecular formula is C67H47N. The zero-order valence-corrected chi connectivity index (χ0v) is 38.1. The smallest absolute Gasteiger partial charge is 0.0713 e. The summed E-state index contributed by atoms with van der Waals surface area (Å²) >= 11 is 0. The number of aryl methyl sites for hydroxylation is 2. The molecule has 68 heavy (non-hydrogen) atoms. The molecule has 1 nitrogen and oxygen atoms in total. The van der Waals surface area contributed by atoms with E-state index in [1.54, 1.807) is 0 Å². The fourth-order valence-electron chi connectivity index (χ4n) is 11.8. The normalized spacial score (nSPS) is 12.7. The van der Waals surface area contributed by atoms with Gasteiger partial charge in [0, 0.05) is 16.8 Å². The summed E-state index contributed by atoms with van der Waals surface area (Å²) < 4.78 is 0. The Labute approximate surface area is 397 Å². The van der Waals surface area contributed by atoms with Crippen LogP contribution in [0.15, 0.2) is 249 Å². The molecule has 0 aromatic heterocycles. The average molecular weight is 866 g/mol. The maximum Gasteiger partial charge on any atom is 0.0713 e. The lowest BCUT2D eigenvalue weighted by atomic mass is 9.67. The molecule has 0 saturated carbocycles. The standard InChI is InChI=1S/C67H47N/c1-44-20-17-26-48(40-44)68(49-27-18-21-45(2)41-49)65-39-38-55(50-28-13-14-33-56(50)65)59-42-61-54-32-12-10-30-52(54)60(43-62(61)53-31-11-9-29-51(53)59)57-35-19-37-64-66(57)58-34-15-16-36-63(58)67(64,46-22-5-3-6-23-46)47-24-7-4-8-25-47/h3-43H,1-2H3. The third kappa shape index (κ3) is 6.02. The van der Waals surface area contributed by atoms with Crippen molar-refractivity contribution < 1.29 is 0 Å². The minimum absolute atomic E-state index is 0.478. The molecule has 0 N–H and O–H groups in total. The third-order valence-corrected chi connectivity index (χ3v) is 14.6. The summed E-state index contributed by atoms with van der Waals surface area (Å²) in [4.78, 5) is 2.42. The van der Waals surface area contributed by atoms with Crippen molar-refractivity contribution in [2.45, 2.75) is 19.3 Å². The van der Waals surface area contributed by atoms with Crippen LogP contribution >= 0.6 is 0 Å². The Morgan fingerprint density at radius 2 is 0.721 bits per heavy atom. The monoisotopic (exact) mass is 865 g/mol. The van der Waals surface area contributed by atoms with Crippen LogP contribution < -0.4 is 4.90 Å². The SMILES string of the molecule is Cc1cccc(N(c2cccc(C)c2)c2ccc(-c3cc4c5ccccc5c(-c5cccc6c5-c5ccccc5C6(c5ccccc5)c5ccccc5)cc4c4ccccc34)c3ccccc23)c1. The highest BCUT2D eigenvalue weighted by atomic mass is 15.1. The van der Waals surface area contributed by atoms with E-state index in [2.05, 4.69) is 267 Å². The summed E-state index contributed by atoms with van der Waals surface area (Å²) in [7, 11) is 0. The van der Waals surface area contributed by atoms with Gasteiger partial charge in [0.25, 0.3) is 0 Å². The van der Waals surface area contributed by atoms with Gasteiger partial charge in [0.2, 0.25) is 0 Å². The van der Waals surface area contributed by atoms with Crippen molar-refractivity contribution in [3.63, 3.8) is 0 Å². The zero-order chi connectivity index (χ0) is 45.3. The van der Waals surface area contributed by atoms with E-state index >= 15 is 0 Å². The van der Waals surface area contributed by atoms with Gasteiger partial charge in [-0.3, -0.25) is 0 Å². The molecule has 0 atom stereocenters. The fraction of sp³-hybridized carbons (Fsp3) is 0.0448. The van der Waals surface area contributed by atoms with Gasteiger partial charge in [-0.2, -0.15) is 0 Å². The van der Waals surface area contributed by atoms with E-state index in [1.807, 2.05) is 0 Å². The van der Waals surface area contributed by atoms with Crippen LogP contribution in [0, 0.1) is 13.8 Å². The van der Waals surface area contributed by atoms with Gasteiger partial charge in [-0.05, 0) is 161 Å². The molecule has 0 heterocycles. The van der Waals surface area contributed by atoms with E-state index in [0.29, 0.717) is 0 Å². The number of nitrogens with zero attached hydrogens (tertiary/aromatic N) is 1. The van der Waals surface area contributed by atoms with E-state index < -0.39 is 5.41 Å². The highest BCUT2D eigenvalue weighted by Gasteiger charge is 2.46. The van der Waals surface area contributed by atoms with Crippen molar-refractivity contribution in [1.82, 2.24) is 0 Å². The van der Waals surface area contributed by atoms with Gasteiger partial charge in [0.05, 0.1) is 11.1 Å². The summed E-state index contributed by atoms with van der Waals surface area (Å²) in [6.07, 6.45) is 0. The van der Waals surface area contributed by atoms with E-state index in [-0.39, 0.29) is 0 Å². The molecule has 13 rings (SSSR count). The molecule has 12 aromatic rings. The van der Waals surface area contributed by atoms with Gasteiger partial charge in [-0.1, -0.05) is 206 Å². The Morgan fingerprint density at radius 1 is 0.279 bits per heavy atom. The van der Waals surface area contributed by atoms with Crippen LogP contribution in [-0.2, 0) is 5.41 Å². The van der Waals surface area contributed by atoms with Crippen LogP contribution in [0.2, 0.25) is 0 Å². The third-order valence-electron chi connectivity index (χ3n) is 14.6. The minimum Gasteiger partial charge on any atom is -0.310 e. The number of benzene rings is 12. The predicted molar refractivity (Wildman–Crippen MR) is 289 cm³/mol. The van der Waals surface area contributed by atoms with Crippen molar-refractivity contribution >= 4 is 60.2 Å².